The quantitative estimate of drug-likeness (QED) is 0.758. The van der Waals surface area contributed by atoms with Gasteiger partial charge in [-0.15, -0.1) is 12.4 Å². The third-order valence-electron chi connectivity index (χ3n) is 5.82. The van der Waals surface area contributed by atoms with Gasteiger partial charge in [-0.2, -0.15) is 0 Å². The monoisotopic (exact) mass is 355 g/mol. The highest BCUT2D eigenvalue weighted by Crippen LogP contribution is 2.40. The molecule has 132 valence electrons. The lowest BCUT2D eigenvalue weighted by molar-refractivity contribution is -0.134. The van der Waals surface area contributed by atoms with E-state index in [2.05, 4.69) is 65.6 Å². The molecule has 2 aliphatic rings. The highest BCUT2D eigenvalue weighted by molar-refractivity contribution is 5.85. The molecule has 3 atom stereocenters. The van der Waals surface area contributed by atoms with Crippen molar-refractivity contribution in [1.82, 2.24) is 4.90 Å². The van der Waals surface area contributed by atoms with Crippen LogP contribution in [0.1, 0.15) is 48.6 Å². The Morgan fingerprint density at radius 3 is 2.04 bits per heavy atom. The van der Waals surface area contributed by atoms with Crippen LogP contribution in [-0.2, 0) is 4.79 Å². The summed E-state index contributed by atoms with van der Waals surface area (Å²) < 4.78 is 0. The van der Waals surface area contributed by atoms with Crippen LogP contribution >= 0.6 is 12.4 Å². The van der Waals surface area contributed by atoms with Crippen LogP contribution in [0.4, 0.5) is 0 Å². The van der Waals surface area contributed by atoms with E-state index < -0.39 is 0 Å². The maximum atomic E-state index is 12.9. The first-order valence-corrected chi connectivity index (χ1v) is 9.20. The van der Waals surface area contributed by atoms with Gasteiger partial charge in [-0.3, -0.25) is 4.79 Å². The maximum absolute atomic E-state index is 12.9. The second kappa shape index (κ2) is 8.05. The van der Waals surface area contributed by atoms with E-state index in [0.29, 0.717) is 17.7 Å². The fourth-order valence-corrected chi connectivity index (χ4v) is 4.45. The van der Waals surface area contributed by atoms with E-state index in [1.165, 1.54) is 11.1 Å². The van der Waals surface area contributed by atoms with E-state index in [4.69, 9.17) is 0 Å². The summed E-state index contributed by atoms with van der Waals surface area (Å²) in [6.45, 7) is 1.82. The van der Waals surface area contributed by atoms with Gasteiger partial charge in [0.25, 0.3) is 0 Å². The van der Waals surface area contributed by atoms with E-state index in [9.17, 15) is 4.79 Å². The van der Waals surface area contributed by atoms with Crippen molar-refractivity contribution in [2.24, 2.45) is 5.92 Å². The number of amides is 1. The third kappa shape index (κ3) is 3.90. The summed E-state index contributed by atoms with van der Waals surface area (Å²) in [4.78, 5) is 15.0. The van der Waals surface area contributed by atoms with Gasteiger partial charge in [0.05, 0.1) is 0 Å². The third-order valence-corrected chi connectivity index (χ3v) is 5.82. The topological polar surface area (TPSA) is 20.3 Å². The second-order valence-electron chi connectivity index (χ2n) is 7.30. The molecule has 2 aromatic rings. The Balaban J connectivity index is 0.00000182. The first-order chi connectivity index (χ1) is 11.8. The molecule has 0 N–H and O–H groups in total. The number of carbonyl (C=O) groups excluding carboxylic acids is 1. The molecule has 25 heavy (non-hydrogen) atoms. The van der Waals surface area contributed by atoms with E-state index in [1.54, 1.807) is 0 Å². The molecule has 1 aliphatic heterocycles. The van der Waals surface area contributed by atoms with Gasteiger partial charge in [-0.25, -0.2) is 0 Å². The molecule has 4 rings (SSSR count). The van der Waals surface area contributed by atoms with Crippen LogP contribution in [0.15, 0.2) is 60.7 Å². The zero-order valence-electron chi connectivity index (χ0n) is 14.5. The van der Waals surface area contributed by atoms with Crippen molar-refractivity contribution in [1.29, 1.82) is 0 Å². The van der Waals surface area contributed by atoms with Crippen LogP contribution in [0.5, 0.6) is 0 Å². The molecular formula is C22H26ClNO. The Labute approximate surface area is 156 Å². The van der Waals surface area contributed by atoms with Crippen LogP contribution < -0.4 is 0 Å². The predicted octanol–water partition coefficient (Wildman–Crippen LogP) is 5.01. The number of likely N-dealkylation sites (tertiary alicyclic amines) is 1. The van der Waals surface area contributed by atoms with Gasteiger partial charge in [0.2, 0.25) is 5.91 Å². The number of carbonyl (C=O) groups is 1. The second-order valence-corrected chi connectivity index (χ2v) is 7.30. The first kappa shape index (κ1) is 18.0. The number of benzene rings is 2. The lowest BCUT2D eigenvalue weighted by atomic mass is 9.96. The Kier molecular flexibility index (Phi) is 5.80. The number of hydrogen-bond acceptors (Lipinski definition) is 1. The molecule has 1 amide bonds. The van der Waals surface area contributed by atoms with Crippen molar-refractivity contribution < 1.29 is 4.79 Å². The van der Waals surface area contributed by atoms with E-state index in [-0.39, 0.29) is 18.3 Å². The average molecular weight is 356 g/mol. The lowest BCUT2D eigenvalue weighted by Crippen LogP contribution is -2.33. The van der Waals surface area contributed by atoms with Crippen LogP contribution in [-0.4, -0.2) is 23.9 Å². The Morgan fingerprint density at radius 1 is 0.800 bits per heavy atom. The van der Waals surface area contributed by atoms with Gasteiger partial charge in [-0.05, 0) is 42.7 Å². The summed E-state index contributed by atoms with van der Waals surface area (Å²) >= 11 is 0. The van der Waals surface area contributed by atoms with Crippen molar-refractivity contribution >= 4 is 18.3 Å². The smallest absolute Gasteiger partial charge is 0.225 e. The minimum Gasteiger partial charge on any atom is -0.342 e. The predicted molar refractivity (Wildman–Crippen MR) is 104 cm³/mol. The van der Waals surface area contributed by atoms with Gasteiger partial charge in [-0.1, -0.05) is 60.7 Å². The molecule has 1 heterocycles. The SMILES string of the molecule is Cl.O=C([C@H]1CC[C@@H](c2ccccc2)C1)N1CC[C@H](c2ccccc2)C1. The fourth-order valence-electron chi connectivity index (χ4n) is 4.45. The number of halogens is 1. The van der Waals surface area contributed by atoms with E-state index >= 15 is 0 Å². The number of nitrogens with zero attached hydrogens (tertiary/aromatic N) is 1. The highest BCUT2D eigenvalue weighted by atomic mass is 35.5. The average Bonchev–Trinajstić information content (AvgIpc) is 3.33. The molecular weight excluding hydrogens is 330 g/mol. The minimum absolute atomic E-state index is 0. The largest absolute Gasteiger partial charge is 0.342 e. The standard InChI is InChI=1S/C22H25NO.ClH/c24-22(20-12-11-19(15-20)17-7-3-1-4-8-17)23-14-13-21(16-23)18-9-5-2-6-10-18;/h1-10,19-21H,11-16H2;1H/t19-,20+,21+;/m1./s1. The van der Waals surface area contributed by atoms with Crippen molar-refractivity contribution in [3.63, 3.8) is 0 Å². The van der Waals surface area contributed by atoms with Gasteiger partial charge >= 0.3 is 0 Å². The zero-order chi connectivity index (χ0) is 16.4. The number of hydrogen-bond donors (Lipinski definition) is 0. The fraction of sp³-hybridized carbons (Fsp3) is 0.409. The summed E-state index contributed by atoms with van der Waals surface area (Å²) in [5.74, 6) is 1.70. The van der Waals surface area contributed by atoms with Crippen LogP contribution in [0.3, 0.4) is 0 Å². The molecule has 1 saturated heterocycles. The Bertz CT molecular complexity index is 628. The van der Waals surface area contributed by atoms with Crippen molar-refractivity contribution in [2.75, 3.05) is 13.1 Å². The molecule has 0 unspecified atom stereocenters. The van der Waals surface area contributed by atoms with Crippen LogP contribution in [0, 0.1) is 5.92 Å². The summed E-state index contributed by atoms with van der Waals surface area (Å²) in [7, 11) is 0. The molecule has 1 saturated carbocycles. The van der Waals surface area contributed by atoms with Crippen molar-refractivity contribution in [2.45, 2.75) is 37.5 Å². The molecule has 3 heteroatoms. The van der Waals surface area contributed by atoms with Crippen molar-refractivity contribution in [3.05, 3.63) is 71.8 Å². The molecule has 0 bridgehead atoms. The van der Waals surface area contributed by atoms with Gasteiger partial charge in [0, 0.05) is 24.9 Å². The Hall–Kier alpha value is -1.80. The van der Waals surface area contributed by atoms with Gasteiger partial charge in [0.15, 0.2) is 0 Å². The van der Waals surface area contributed by atoms with Gasteiger partial charge in [0.1, 0.15) is 0 Å². The molecule has 2 aromatic carbocycles. The molecule has 2 nitrogen and oxygen atoms in total. The normalized spacial score (nSPS) is 25.6. The summed E-state index contributed by atoms with van der Waals surface area (Å²) in [5, 5.41) is 0. The molecule has 0 radical (unpaired) electrons. The summed E-state index contributed by atoms with van der Waals surface area (Å²) in [5.41, 5.74) is 2.78. The maximum Gasteiger partial charge on any atom is 0.225 e. The minimum atomic E-state index is 0. The molecule has 0 aromatic heterocycles. The summed E-state index contributed by atoms with van der Waals surface area (Å²) in [6, 6.07) is 21.3. The molecule has 1 aliphatic carbocycles. The van der Waals surface area contributed by atoms with Gasteiger partial charge < -0.3 is 4.90 Å². The molecule has 0 spiro atoms. The summed E-state index contributed by atoms with van der Waals surface area (Å²) in [6.07, 6.45) is 4.32. The Morgan fingerprint density at radius 2 is 1.40 bits per heavy atom. The highest BCUT2D eigenvalue weighted by Gasteiger charge is 2.36. The molecule has 2 fully saturated rings. The zero-order valence-corrected chi connectivity index (χ0v) is 15.3. The van der Waals surface area contributed by atoms with E-state index in [1.807, 2.05) is 0 Å². The van der Waals surface area contributed by atoms with Crippen LogP contribution in [0.2, 0.25) is 0 Å². The van der Waals surface area contributed by atoms with E-state index in [0.717, 1.165) is 38.8 Å². The van der Waals surface area contributed by atoms with Crippen molar-refractivity contribution in [3.8, 4) is 0 Å². The first-order valence-electron chi connectivity index (χ1n) is 9.20. The number of rotatable bonds is 3. The lowest BCUT2D eigenvalue weighted by Gasteiger charge is -2.21. The van der Waals surface area contributed by atoms with Crippen LogP contribution in [0.25, 0.3) is 0 Å².